The highest BCUT2D eigenvalue weighted by Crippen LogP contribution is 2.02. The van der Waals surface area contributed by atoms with Crippen LogP contribution in [0.2, 0.25) is 0 Å². The number of rotatable bonds is 6. The molecule has 17 heavy (non-hydrogen) atoms. The van der Waals surface area contributed by atoms with Gasteiger partial charge in [0, 0.05) is 5.75 Å². The van der Waals surface area contributed by atoms with Crippen molar-refractivity contribution in [3.8, 4) is 0 Å². The largest absolute Gasteiger partial charge is 0.480 e. The summed E-state index contributed by atoms with van der Waals surface area (Å²) in [5.41, 5.74) is 0.936. The molecule has 0 aliphatic carbocycles. The van der Waals surface area contributed by atoms with E-state index in [1.807, 2.05) is 30.3 Å². The Balaban J connectivity index is 2.52. The quantitative estimate of drug-likeness (QED) is 0.451. The van der Waals surface area contributed by atoms with E-state index < -0.39 is 18.2 Å². The Morgan fingerprint density at radius 3 is 2.59 bits per heavy atom. The molecule has 0 saturated carbocycles. The van der Waals surface area contributed by atoms with Gasteiger partial charge in [0.15, 0.2) is 0 Å². The van der Waals surface area contributed by atoms with E-state index in [1.54, 1.807) is 6.08 Å². The van der Waals surface area contributed by atoms with Gasteiger partial charge in [-0.15, -0.1) is 0 Å². The summed E-state index contributed by atoms with van der Waals surface area (Å²) in [5.74, 6) is -0.918. The smallest absolute Gasteiger partial charge is 0.321 e. The number of nitrogens with one attached hydrogen (secondary N) is 1. The van der Waals surface area contributed by atoms with E-state index in [1.165, 1.54) is 6.08 Å². The molecule has 0 spiro atoms. The summed E-state index contributed by atoms with van der Waals surface area (Å²) < 4.78 is 0. The van der Waals surface area contributed by atoms with E-state index >= 15 is 0 Å². The molecule has 0 bridgehead atoms. The van der Waals surface area contributed by atoms with Crippen LogP contribution >= 0.6 is 12.6 Å². The maximum absolute atomic E-state index is 10.7. The lowest BCUT2D eigenvalue weighted by Crippen LogP contribution is -2.43. The Hall–Kier alpha value is -1.30. The standard InChI is InChI=1S/C12H15NO3S/c14-11(13-10(8-17)12(15)16)7-6-9-4-2-1-3-5-9/h1-7,10-11,13-14,17H,8H2,(H,15,16). The molecule has 0 amide bonds. The third-order valence-electron chi connectivity index (χ3n) is 2.12. The van der Waals surface area contributed by atoms with Crippen LogP contribution in [0.4, 0.5) is 0 Å². The van der Waals surface area contributed by atoms with Gasteiger partial charge in [-0.3, -0.25) is 10.1 Å². The Bertz CT molecular complexity index is 381. The van der Waals surface area contributed by atoms with Gasteiger partial charge in [-0.1, -0.05) is 36.4 Å². The van der Waals surface area contributed by atoms with E-state index in [4.69, 9.17) is 5.11 Å². The van der Waals surface area contributed by atoms with Crippen molar-refractivity contribution in [3.63, 3.8) is 0 Å². The fraction of sp³-hybridized carbons (Fsp3) is 0.250. The van der Waals surface area contributed by atoms with Crippen LogP contribution in [-0.2, 0) is 4.79 Å². The van der Waals surface area contributed by atoms with Gasteiger partial charge in [0.2, 0.25) is 0 Å². The second-order valence-electron chi connectivity index (χ2n) is 3.45. The molecule has 0 fully saturated rings. The Morgan fingerprint density at radius 1 is 1.41 bits per heavy atom. The van der Waals surface area contributed by atoms with Crippen LogP contribution in [0.15, 0.2) is 36.4 Å². The molecule has 3 N–H and O–H groups in total. The van der Waals surface area contributed by atoms with Gasteiger partial charge in [-0.2, -0.15) is 12.6 Å². The molecule has 1 aromatic carbocycles. The average molecular weight is 253 g/mol. The molecule has 0 heterocycles. The normalized spacial score (nSPS) is 14.7. The zero-order valence-corrected chi connectivity index (χ0v) is 10.0. The third kappa shape index (κ3) is 5.04. The van der Waals surface area contributed by atoms with Crippen LogP contribution in [0.3, 0.4) is 0 Å². The van der Waals surface area contributed by atoms with Crippen molar-refractivity contribution in [1.82, 2.24) is 5.32 Å². The summed E-state index contributed by atoms with van der Waals surface area (Å²) in [6.45, 7) is 0. The predicted molar refractivity (Wildman–Crippen MR) is 69.9 cm³/mol. The van der Waals surface area contributed by atoms with Gasteiger partial charge < -0.3 is 10.2 Å². The molecule has 0 aliphatic rings. The lowest BCUT2D eigenvalue weighted by Gasteiger charge is -2.14. The van der Waals surface area contributed by atoms with Crippen molar-refractivity contribution < 1.29 is 15.0 Å². The summed E-state index contributed by atoms with van der Waals surface area (Å²) >= 11 is 3.89. The number of benzene rings is 1. The summed E-state index contributed by atoms with van der Waals surface area (Å²) in [4.78, 5) is 10.7. The van der Waals surface area contributed by atoms with Crippen molar-refractivity contribution in [2.75, 3.05) is 5.75 Å². The van der Waals surface area contributed by atoms with Gasteiger partial charge in [0.25, 0.3) is 0 Å². The molecule has 92 valence electrons. The number of hydrogen-bond acceptors (Lipinski definition) is 4. The first-order valence-electron chi connectivity index (χ1n) is 5.14. The fourth-order valence-corrected chi connectivity index (χ4v) is 1.49. The summed E-state index contributed by atoms with van der Waals surface area (Å²) in [6.07, 6.45) is 2.20. The maximum Gasteiger partial charge on any atom is 0.321 e. The molecular weight excluding hydrogens is 238 g/mol. The van der Waals surface area contributed by atoms with Crippen LogP contribution in [0, 0.1) is 0 Å². The lowest BCUT2D eigenvalue weighted by atomic mass is 10.2. The van der Waals surface area contributed by atoms with Crippen molar-refractivity contribution >= 4 is 24.7 Å². The minimum atomic E-state index is -1.04. The Labute approximate surface area is 105 Å². The van der Waals surface area contributed by atoms with Crippen molar-refractivity contribution in [2.24, 2.45) is 0 Å². The second-order valence-corrected chi connectivity index (χ2v) is 3.82. The highest BCUT2D eigenvalue weighted by atomic mass is 32.1. The minimum Gasteiger partial charge on any atom is -0.480 e. The number of aliphatic carboxylic acids is 1. The van der Waals surface area contributed by atoms with Gasteiger partial charge in [-0.05, 0) is 11.6 Å². The predicted octanol–water partition coefficient (Wildman–Crippen LogP) is 0.991. The molecule has 0 aliphatic heterocycles. The number of hydrogen-bond donors (Lipinski definition) is 4. The van der Waals surface area contributed by atoms with Crippen molar-refractivity contribution in [2.45, 2.75) is 12.3 Å². The second kappa shape index (κ2) is 7.11. The zero-order chi connectivity index (χ0) is 12.7. The van der Waals surface area contributed by atoms with Crippen LogP contribution in [0.25, 0.3) is 6.08 Å². The van der Waals surface area contributed by atoms with E-state index in [0.29, 0.717) is 0 Å². The van der Waals surface area contributed by atoms with Gasteiger partial charge in [0.1, 0.15) is 12.3 Å². The minimum absolute atomic E-state index is 0.117. The van der Waals surface area contributed by atoms with Crippen molar-refractivity contribution in [3.05, 3.63) is 42.0 Å². The molecule has 4 nitrogen and oxygen atoms in total. The number of carboxylic acid groups (broad SMARTS) is 1. The monoisotopic (exact) mass is 253 g/mol. The highest BCUT2D eigenvalue weighted by molar-refractivity contribution is 7.80. The molecule has 2 unspecified atom stereocenters. The van der Waals surface area contributed by atoms with Crippen LogP contribution < -0.4 is 5.32 Å². The summed E-state index contributed by atoms with van der Waals surface area (Å²) in [6, 6.07) is 8.56. The molecule has 1 rings (SSSR count). The summed E-state index contributed by atoms with van der Waals surface area (Å²) in [7, 11) is 0. The fourth-order valence-electron chi connectivity index (χ4n) is 1.23. The van der Waals surface area contributed by atoms with Gasteiger partial charge >= 0.3 is 5.97 Å². The number of aliphatic hydroxyl groups excluding tert-OH is 1. The SMILES string of the molecule is O=C(O)C(CS)NC(O)C=Cc1ccccc1. The van der Waals surface area contributed by atoms with E-state index in [9.17, 15) is 9.90 Å². The third-order valence-corrected chi connectivity index (χ3v) is 2.49. The van der Waals surface area contributed by atoms with E-state index in [2.05, 4.69) is 17.9 Å². The molecule has 1 aromatic rings. The van der Waals surface area contributed by atoms with Gasteiger partial charge in [-0.25, -0.2) is 0 Å². The summed E-state index contributed by atoms with van der Waals surface area (Å²) in [5, 5.41) is 20.9. The topological polar surface area (TPSA) is 69.6 Å². The first kappa shape index (κ1) is 13.8. The van der Waals surface area contributed by atoms with E-state index in [-0.39, 0.29) is 5.75 Å². The number of carbonyl (C=O) groups is 1. The highest BCUT2D eigenvalue weighted by Gasteiger charge is 2.16. The number of thiol groups is 1. The molecule has 0 saturated heterocycles. The van der Waals surface area contributed by atoms with E-state index in [0.717, 1.165) is 5.56 Å². The lowest BCUT2D eigenvalue weighted by molar-refractivity contribution is -0.139. The zero-order valence-electron chi connectivity index (χ0n) is 9.15. The molecule has 0 radical (unpaired) electrons. The first-order chi connectivity index (χ1) is 8.13. The van der Waals surface area contributed by atoms with Crippen LogP contribution in [-0.4, -0.2) is 34.2 Å². The maximum atomic E-state index is 10.7. The Morgan fingerprint density at radius 2 is 2.06 bits per heavy atom. The number of aliphatic hydroxyl groups is 1. The van der Waals surface area contributed by atoms with Gasteiger partial charge in [0.05, 0.1) is 0 Å². The van der Waals surface area contributed by atoms with Crippen LogP contribution in [0.5, 0.6) is 0 Å². The molecule has 0 aromatic heterocycles. The Kier molecular flexibility index (Phi) is 5.76. The molecule has 2 atom stereocenters. The first-order valence-corrected chi connectivity index (χ1v) is 5.77. The number of carboxylic acids is 1. The molecular formula is C12H15NO3S. The van der Waals surface area contributed by atoms with Crippen molar-refractivity contribution in [1.29, 1.82) is 0 Å². The van der Waals surface area contributed by atoms with Crippen LogP contribution in [0.1, 0.15) is 5.56 Å². The average Bonchev–Trinajstić information content (AvgIpc) is 2.34. The molecule has 5 heteroatoms.